The van der Waals surface area contributed by atoms with Gasteiger partial charge in [-0.3, -0.25) is 0 Å². The Labute approximate surface area is 112 Å². The fraction of sp³-hybridized carbons (Fsp3) is 0.267. The van der Waals surface area contributed by atoms with Crippen molar-refractivity contribution in [3.63, 3.8) is 0 Å². The predicted molar refractivity (Wildman–Crippen MR) is 74.1 cm³/mol. The molecule has 0 aliphatic heterocycles. The van der Waals surface area contributed by atoms with Gasteiger partial charge < -0.3 is 10.1 Å². The molecule has 0 radical (unpaired) electrons. The number of rotatable bonds is 5. The van der Waals surface area contributed by atoms with Gasteiger partial charge in [0.25, 0.3) is 0 Å². The van der Waals surface area contributed by atoms with Crippen LogP contribution in [-0.2, 0) is 0 Å². The van der Waals surface area contributed by atoms with Crippen LogP contribution in [0.15, 0.2) is 36.4 Å². The molecule has 2 rings (SSSR count). The van der Waals surface area contributed by atoms with Crippen molar-refractivity contribution in [1.82, 2.24) is 4.98 Å². The number of benzene rings is 1. The molecule has 0 saturated carbocycles. The molecule has 0 aliphatic carbocycles. The van der Waals surface area contributed by atoms with Crippen LogP contribution in [0, 0.1) is 19.8 Å². The Morgan fingerprint density at radius 3 is 2.58 bits per heavy atom. The molecule has 1 N–H and O–H groups in total. The molecule has 4 heteroatoms. The molecule has 19 heavy (non-hydrogen) atoms. The van der Waals surface area contributed by atoms with Crippen LogP contribution in [0.4, 0.5) is 10.2 Å². The lowest BCUT2D eigenvalue weighted by molar-refractivity contribution is 0.332. The van der Waals surface area contributed by atoms with Gasteiger partial charge in [-0.05, 0) is 49.2 Å². The molecular weight excluding hydrogens is 243 g/mol. The third-order valence-corrected chi connectivity index (χ3v) is 2.59. The van der Waals surface area contributed by atoms with E-state index >= 15 is 0 Å². The smallest absolute Gasteiger partial charge is 0.214 e. The lowest BCUT2D eigenvalue weighted by atomic mass is 10.1. The SMILES string of the molecule is Cc1cc(C)cc(OCCNc2cccc(F)n2)c1. The summed E-state index contributed by atoms with van der Waals surface area (Å²) < 4.78 is 18.5. The maximum atomic E-state index is 12.8. The van der Waals surface area contributed by atoms with E-state index < -0.39 is 5.95 Å². The van der Waals surface area contributed by atoms with E-state index in [2.05, 4.69) is 16.4 Å². The maximum Gasteiger partial charge on any atom is 0.214 e. The zero-order valence-electron chi connectivity index (χ0n) is 11.1. The van der Waals surface area contributed by atoms with E-state index in [0.717, 1.165) is 5.75 Å². The Balaban J connectivity index is 1.80. The van der Waals surface area contributed by atoms with Gasteiger partial charge in [0.1, 0.15) is 18.2 Å². The minimum atomic E-state index is -0.486. The minimum absolute atomic E-state index is 0.486. The van der Waals surface area contributed by atoms with Crippen LogP contribution in [0.2, 0.25) is 0 Å². The molecule has 0 aliphatic rings. The molecule has 0 saturated heterocycles. The molecule has 0 bridgehead atoms. The fourth-order valence-electron chi connectivity index (χ4n) is 1.87. The summed E-state index contributed by atoms with van der Waals surface area (Å²) in [4.78, 5) is 3.71. The van der Waals surface area contributed by atoms with Crippen LogP contribution in [0.1, 0.15) is 11.1 Å². The summed E-state index contributed by atoms with van der Waals surface area (Å²) in [5, 5.41) is 3.01. The predicted octanol–water partition coefficient (Wildman–Crippen LogP) is 3.33. The lowest BCUT2D eigenvalue weighted by Gasteiger charge is -2.09. The van der Waals surface area contributed by atoms with Crippen molar-refractivity contribution in [1.29, 1.82) is 0 Å². The number of pyridine rings is 1. The average molecular weight is 260 g/mol. The lowest BCUT2D eigenvalue weighted by Crippen LogP contribution is -2.12. The number of hydrogen-bond donors (Lipinski definition) is 1. The first-order valence-electron chi connectivity index (χ1n) is 6.21. The average Bonchev–Trinajstić information content (AvgIpc) is 2.34. The van der Waals surface area contributed by atoms with E-state index in [0.29, 0.717) is 19.0 Å². The molecule has 2 aromatic rings. The van der Waals surface area contributed by atoms with Crippen molar-refractivity contribution in [3.8, 4) is 5.75 Å². The van der Waals surface area contributed by atoms with E-state index in [1.54, 1.807) is 12.1 Å². The van der Waals surface area contributed by atoms with E-state index in [-0.39, 0.29) is 0 Å². The summed E-state index contributed by atoms with van der Waals surface area (Å²) in [7, 11) is 0. The van der Waals surface area contributed by atoms with Crippen LogP contribution < -0.4 is 10.1 Å². The van der Waals surface area contributed by atoms with Crippen molar-refractivity contribution in [2.45, 2.75) is 13.8 Å². The van der Waals surface area contributed by atoms with Gasteiger partial charge in [-0.1, -0.05) is 12.1 Å². The summed E-state index contributed by atoms with van der Waals surface area (Å²) in [5.74, 6) is 0.885. The second-order valence-electron chi connectivity index (χ2n) is 4.44. The second kappa shape index (κ2) is 6.18. The number of aryl methyl sites for hydroxylation is 2. The molecule has 0 atom stereocenters. The van der Waals surface area contributed by atoms with Gasteiger partial charge in [0.15, 0.2) is 0 Å². The number of aromatic nitrogens is 1. The quantitative estimate of drug-likeness (QED) is 0.661. The van der Waals surface area contributed by atoms with Crippen molar-refractivity contribution < 1.29 is 9.13 Å². The molecule has 1 aromatic heterocycles. The van der Waals surface area contributed by atoms with Gasteiger partial charge in [0, 0.05) is 0 Å². The Hall–Kier alpha value is -2.10. The van der Waals surface area contributed by atoms with Crippen LogP contribution in [-0.4, -0.2) is 18.1 Å². The number of ether oxygens (including phenoxy) is 1. The highest BCUT2D eigenvalue weighted by Gasteiger charge is 1.98. The summed E-state index contributed by atoms with van der Waals surface area (Å²) in [5.41, 5.74) is 2.35. The van der Waals surface area contributed by atoms with Gasteiger partial charge in [-0.2, -0.15) is 4.39 Å². The number of halogens is 1. The Morgan fingerprint density at radius 1 is 1.16 bits per heavy atom. The van der Waals surface area contributed by atoms with E-state index in [4.69, 9.17) is 4.74 Å². The van der Waals surface area contributed by atoms with Crippen molar-refractivity contribution in [2.75, 3.05) is 18.5 Å². The molecule has 0 amide bonds. The molecule has 0 unspecified atom stereocenters. The first kappa shape index (κ1) is 13.3. The molecule has 3 nitrogen and oxygen atoms in total. The van der Waals surface area contributed by atoms with Crippen LogP contribution >= 0.6 is 0 Å². The van der Waals surface area contributed by atoms with E-state index in [9.17, 15) is 4.39 Å². The molecule has 0 fully saturated rings. The van der Waals surface area contributed by atoms with Crippen molar-refractivity contribution in [3.05, 3.63) is 53.5 Å². The van der Waals surface area contributed by atoms with Crippen LogP contribution in [0.25, 0.3) is 0 Å². The molecule has 100 valence electrons. The highest BCUT2D eigenvalue weighted by molar-refractivity contribution is 5.34. The number of nitrogens with zero attached hydrogens (tertiary/aromatic N) is 1. The first-order chi connectivity index (χ1) is 9.13. The van der Waals surface area contributed by atoms with Gasteiger partial charge in [-0.25, -0.2) is 4.98 Å². The first-order valence-corrected chi connectivity index (χ1v) is 6.21. The van der Waals surface area contributed by atoms with Gasteiger partial charge in [0.2, 0.25) is 5.95 Å². The van der Waals surface area contributed by atoms with E-state index in [1.807, 2.05) is 26.0 Å². The number of nitrogens with one attached hydrogen (secondary N) is 1. The van der Waals surface area contributed by atoms with Crippen LogP contribution in [0.5, 0.6) is 5.75 Å². The number of hydrogen-bond acceptors (Lipinski definition) is 3. The monoisotopic (exact) mass is 260 g/mol. The Kier molecular flexibility index (Phi) is 4.34. The number of anilines is 1. The molecule has 1 heterocycles. The summed E-state index contributed by atoms with van der Waals surface area (Å²) in [6, 6.07) is 10.7. The summed E-state index contributed by atoms with van der Waals surface area (Å²) in [6.07, 6.45) is 0. The third kappa shape index (κ3) is 4.25. The minimum Gasteiger partial charge on any atom is -0.492 e. The molecule has 1 aromatic carbocycles. The van der Waals surface area contributed by atoms with Crippen LogP contribution in [0.3, 0.4) is 0 Å². The maximum absolute atomic E-state index is 12.8. The van der Waals surface area contributed by atoms with Crippen molar-refractivity contribution >= 4 is 5.82 Å². The summed E-state index contributed by atoms with van der Waals surface area (Å²) >= 11 is 0. The fourth-order valence-corrected chi connectivity index (χ4v) is 1.87. The summed E-state index contributed by atoms with van der Waals surface area (Å²) in [6.45, 7) is 5.15. The standard InChI is InChI=1S/C15H17FN2O/c1-11-8-12(2)10-13(9-11)19-7-6-17-15-5-3-4-14(16)18-15/h3-5,8-10H,6-7H2,1-2H3,(H,17,18). The molecule has 0 spiro atoms. The highest BCUT2D eigenvalue weighted by Crippen LogP contribution is 2.16. The van der Waals surface area contributed by atoms with Gasteiger partial charge in [-0.15, -0.1) is 0 Å². The highest BCUT2D eigenvalue weighted by atomic mass is 19.1. The van der Waals surface area contributed by atoms with Gasteiger partial charge >= 0.3 is 0 Å². The zero-order valence-corrected chi connectivity index (χ0v) is 11.1. The third-order valence-electron chi connectivity index (χ3n) is 2.59. The largest absolute Gasteiger partial charge is 0.492 e. The van der Waals surface area contributed by atoms with Gasteiger partial charge in [0.05, 0.1) is 6.54 Å². The topological polar surface area (TPSA) is 34.1 Å². The zero-order chi connectivity index (χ0) is 13.7. The Bertz CT molecular complexity index is 537. The molecular formula is C15H17FN2O. The van der Waals surface area contributed by atoms with Crippen molar-refractivity contribution in [2.24, 2.45) is 0 Å². The Morgan fingerprint density at radius 2 is 1.89 bits per heavy atom. The second-order valence-corrected chi connectivity index (χ2v) is 4.44. The normalized spacial score (nSPS) is 10.3. The van der Waals surface area contributed by atoms with E-state index in [1.165, 1.54) is 17.2 Å².